The van der Waals surface area contributed by atoms with Crippen LogP contribution in [0.5, 0.6) is 0 Å². The van der Waals surface area contributed by atoms with Crippen LogP contribution in [-0.4, -0.2) is 0 Å². The fraction of sp³-hybridized carbons (Fsp3) is 0.0526. The van der Waals surface area contributed by atoms with Gasteiger partial charge < -0.3 is 4.90 Å². The third-order valence-corrected chi connectivity index (χ3v) is 11.9. The molecule has 0 amide bonds. The quantitative estimate of drug-likeness (QED) is 0.150. The maximum atomic E-state index is 2.43. The number of fused-ring (bicyclic) bond motifs is 3. The van der Waals surface area contributed by atoms with Crippen molar-refractivity contribution >= 4 is 17.1 Å². The van der Waals surface area contributed by atoms with Crippen molar-refractivity contribution in [3.63, 3.8) is 0 Å². The molecule has 1 aliphatic carbocycles. The number of hydrogen-bond acceptors (Lipinski definition) is 1. The van der Waals surface area contributed by atoms with Crippen LogP contribution in [0.1, 0.15) is 25.0 Å². The molecule has 0 atom stereocenters. The molecule has 0 bridgehead atoms. The molecule has 0 aromatic heterocycles. The lowest BCUT2D eigenvalue weighted by Gasteiger charge is -2.29. The normalized spacial score (nSPS) is 12.4. The van der Waals surface area contributed by atoms with Crippen molar-refractivity contribution < 1.29 is 0 Å². The molecule has 1 aliphatic rings. The monoisotopic (exact) mass is 741 g/mol. The molecule has 0 radical (unpaired) electrons. The van der Waals surface area contributed by atoms with Crippen LogP contribution in [-0.2, 0) is 5.41 Å². The highest BCUT2D eigenvalue weighted by atomic mass is 15.1. The second kappa shape index (κ2) is 14.7. The summed E-state index contributed by atoms with van der Waals surface area (Å²) in [4.78, 5) is 2.43. The third kappa shape index (κ3) is 6.41. The van der Waals surface area contributed by atoms with Gasteiger partial charge >= 0.3 is 0 Å². The molecular formula is C57H43N. The Labute approximate surface area is 342 Å². The van der Waals surface area contributed by atoms with Crippen LogP contribution in [0.15, 0.2) is 224 Å². The number of rotatable bonds is 8. The molecule has 10 rings (SSSR count). The van der Waals surface area contributed by atoms with Gasteiger partial charge in [-0.25, -0.2) is 0 Å². The van der Waals surface area contributed by atoms with E-state index >= 15 is 0 Å². The van der Waals surface area contributed by atoms with Gasteiger partial charge in [0.15, 0.2) is 0 Å². The first kappa shape index (κ1) is 35.2. The van der Waals surface area contributed by atoms with Crippen molar-refractivity contribution in [3.05, 3.63) is 236 Å². The summed E-state index contributed by atoms with van der Waals surface area (Å²) in [6.07, 6.45) is 0. The summed E-state index contributed by atoms with van der Waals surface area (Å²) >= 11 is 0. The molecule has 0 unspecified atom stereocenters. The molecule has 9 aromatic rings. The number of hydrogen-bond donors (Lipinski definition) is 0. The molecule has 0 saturated heterocycles. The zero-order valence-electron chi connectivity index (χ0n) is 32.8. The van der Waals surface area contributed by atoms with E-state index in [9.17, 15) is 0 Å². The van der Waals surface area contributed by atoms with Crippen molar-refractivity contribution in [1.29, 1.82) is 0 Å². The summed E-state index contributed by atoms with van der Waals surface area (Å²) in [5.41, 5.74) is 20.6. The van der Waals surface area contributed by atoms with Gasteiger partial charge in [0.25, 0.3) is 0 Å². The van der Waals surface area contributed by atoms with Gasteiger partial charge in [0.2, 0.25) is 0 Å². The van der Waals surface area contributed by atoms with E-state index in [1.807, 2.05) is 0 Å². The zero-order chi connectivity index (χ0) is 39.1. The van der Waals surface area contributed by atoms with Crippen LogP contribution in [0, 0.1) is 0 Å². The van der Waals surface area contributed by atoms with Gasteiger partial charge in [0, 0.05) is 22.5 Å². The standard InChI is InChI=1S/C57H43N/c1-57(2)55-21-13-12-20-52(55)53-37-35-50(39-56(53)57)58(48-32-30-45(31-33-48)42-18-10-5-11-19-42)49-34-36-51(46-26-22-43(23-27-46)40-14-6-3-7-15-40)54(38-49)47-28-24-44(25-29-47)41-16-8-4-9-17-41/h3-39H,1-2H3. The molecule has 0 N–H and O–H groups in total. The molecule has 58 heavy (non-hydrogen) atoms. The van der Waals surface area contributed by atoms with Gasteiger partial charge in [-0.2, -0.15) is 0 Å². The minimum atomic E-state index is -0.119. The Kier molecular flexibility index (Phi) is 8.92. The molecule has 0 heterocycles. The summed E-state index contributed by atoms with van der Waals surface area (Å²) in [6, 6.07) is 81.8. The second-order valence-corrected chi connectivity index (χ2v) is 15.8. The Morgan fingerprint density at radius 1 is 0.259 bits per heavy atom. The minimum absolute atomic E-state index is 0.119. The molecule has 1 heteroatoms. The Balaban J connectivity index is 1.13. The van der Waals surface area contributed by atoms with Crippen molar-refractivity contribution in [2.24, 2.45) is 0 Å². The molecule has 0 aliphatic heterocycles. The molecule has 0 saturated carbocycles. The van der Waals surface area contributed by atoms with Crippen LogP contribution in [0.25, 0.3) is 66.8 Å². The maximum absolute atomic E-state index is 2.43. The fourth-order valence-electron chi connectivity index (χ4n) is 8.82. The molecule has 276 valence electrons. The molecule has 0 fully saturated rings. The second-order valence-electron chi connectivity index (χ2n) is 15.8. The minimum Gasteiger partial charge on any atom is -0.310 e. The SMILES string of the molecule is CC1(C)c2ccccc2-c2ccc(N(c3ccc(-c4ccccc4)cc3)c3ccc(-c4ccc(-c5ccccc5)cc4)c(-c4ccc(-c5ccccc5)cc4)c3)cc21. The van der Waals surface area contributed by atoms with Gasteiger partial charge in [-0.3, -0.25) is 0 Å². The smallest absolute Gasteiger partial charge is 0.0468 e. The lowest BCUT2D eigenvalue weighted by Crippen LogP contribution is -2.16. The first-order valence-corrected chi connectivity index (χ1v) is 20.2. The van der Waals surface area contributed by atoms with E-state index in [1.54, 1.807) is 0 Å². The van der Waals surface area contributed by atoms with Crippen LogP contribution < -0.4 is 4.90 Å². The number of anilines is 3. The largest absolute Gasteiger partial charge is 0.310 e. The van der Waals surface area contributed by atoms with Crippen LogP contribution >= 0.6 is 0 Å². The highest BCUT2D eigenvalue weighted by Gasteiger charge is 2.35. The van der Waals surface area contributed by atoms with E-state index in [4.69, 9.17) is 0 Å². The van der Waals surface area contributed by atoms with Crippen molar-refractivity contribution in [2.45, 2.75) is 19.3 Å². The van der Waals surface area contributed by atoms with Crippen LogP contribution in [0.4, 0.5) is 17.1 Å². The van der Waals surface area contributed by atoms with Crippen molar-refractivity contribution in [2.75, 3.05) is 4.90 Å². The van der Waals surface area contributed by atoms with Gasteiger partial charge in [-0.05, 0) is 114 Å². The fourth-order valence-corrected chi connectivity index (χ4v) is 8.82. The predicted molar refractivity (Wildman–Crippen MR) is 246 cm³/mol. The number of benzene rings is 9. The Morgan fingerprint density at radius 2 is 0.621 bits per heavy atom. The first-order chi connectivity index (χ1) is 28.5. The lowest BCUT2D eigenvalue weighted by molar-refractivity contribution is 0.660. The van der Waals surface area contributed by atoms with E-state index in [2.05, 4.69) is 243 Å². The Morgan fingerprint density at radius 3 is 1.16 bits per heavy atom. The van der Waals surface area contributed by atoms with Gasteiger partial charge in [0.1, 0.15) is 0 Å². The van der Waals surface area contributed by atoms with E-state index in [0.717, 1.165) is 17.1 Å². The van der Waals surface area contributed by atoms with E-state index in [1.165, 1.54) is 77.9 Å². The van der Waals surface area contributed by atoms with E-state index < -0.39 is 0 Å². The summed E-state index contributed by atoms with van der Waals surface area (Å²) in [5.74, 6) is 0. The van der Waals surface area contributed by atoms with Crippen molar-refractivity contribution in [1.82, 2.24) is 0 Å². The Hall–Kier alpha value is -7.22. The average molecular weight is 742 g/mol. The highest BCUT2D eigenvalue weighted by molar-refractivity contribution is 5.91. The highest BCUT2D eigenvalue weighted by Crippen LogP contribution is 2.51. The third-order valence-electron chi connectivity index (χ3n) is 11.9. The van der Waals surface area contributed by atoms with Crippen LogP contribution in [0.3, 0.4) is 0 Å². The van der Waals surface area contributed by atoms with Gasteiger partial charge in [0.05, 0.1) is 0 Å². The summed E-state index contributed by atoms with van der Waals surface area (Å²) in [5, 5.41) is 0. The zero-order valence-corrected chi connectivity index (χ0v) is 32.8. The lowest BCUT2D eigenvalue weighted by atomic mass is 9.82. The van der Waals surface area contributed by atoms with Gasteiger partial charge in [-0.15, -0.1) is 0 Å². The summed E-state index contributed by atoms with van der Waals surface area (Å²) in [7, 11) is 0. The average Bonchev–Trinajstić information content (AvgIpc) is 3.53. The van der Waals surface area contributed by atoms with E-state index in [-0.39, 0.29) is 5.41 Å². The molecular weight excluding hydrogens is 699 g/mol. The van der Waals surface area contributed by atoms with E-state index in [0.29, 0.717) is 0 Å². The molecule has 0 spiro atoms. The van der Waals surface area contributed by atoms with Crippen molar-refractivity contribution in [3.8, 4) is 66.8 Å². The predicted octanol–water partition coefficient (Wildman–Crippen LogP) is 15.8. The summed E-state index contributed by atoms with van der Waals surface area (Å²) < 4.78 is 0. The first-order valence-electron chi connectivity index (χ1n) is 20.2. The number of nitrogens with zero attached hydrogens (tertiary/aromatic N) is 1. The van der Waals surface area contributed by atoms with Crippen LogP contribution in [0.2, 0.25) is 0 Å². The van der Waals surface area contributed by atoms with Gasteiger partial charge in [-0.1, -0.05) is 202 Å². The topological polar surface area (TPSA) is 3.24 Å². The maximum Gasteiger partial charge on any atom is 0.0468 e. The molecule has 9 aromatic carbocycles. The summed E-state index contributed by atoms with van der Waals surface area (Å²) in [6.45, 7) is 4.71. The molecule has 1 nitrogen and oxygen atoms in total. The Bertz CT molecular complexity index is 2850.